The molecule has 2 amide bonds. The number of amides is 2. The molecule has 0 radical (unpaired) electrons. The molecule has 0 unspecified atom stereocenters. The summed E-state index contributed by atoms with van der Waals surface area (Å²) in [7, 11) is 1.46. The van der Waals surface area contributed by atoms with E-state index in [1.807, 2.05) is 13.8 Å². The van der Waals surface area contributed by atoms with E-state index in [1.165, 1.54) is 7.11 Å². The predicted octanol–water partition coefficient (Wildman–Crippen LogP) is 3.50. The summed E-state index contributed by atoms with van der Waals surface area (Å²) in [6, 6.07) is 11.7. The Morgan fingerprint density at radius 1 is 1.12 bits per heavy atom. The number of nitrogens with one attached hydrogen (secondary N) is 2. The lowest BCUT2D eigenvalue weighted by Gasteiger charge is -2.13. The maximum absolute atomic E-state index is 12.4. The Labute approximate surface area is 157 Å². The Kier molecular flexibility index (Phi) is 6.86. The van der Waals surface area contributed by atoms with Gasteiger partial charge in [-0.2, -0.15) is 0 Å². The van der Waals surface area contributed by atoms with E-state index in [-0.39, 0.29) is 24.5 Å². The van der Waals surface area contributed by atoms with Gasteiger partial charge < -0.3 is 20.1 Å². The Morgan fingerprint density at radius 3 is 2.50 bits per heavy atom. The first kappa shape index (κ1) is 19.6. The molecule has 0 bridgehead atoms. The van der Waals surface area contributed by atoms with E-state index in [1.54, 1.807) is 42.5 Å². The van der Waals surface area contributed by atoms with Crippen molar-refractivity contribution >= 4 is 29.1 Å². The van der Waals surface area contributed by atoms with Crippen LogP contribution >= 0.6 is 11.6 Å². The third-order valence-electron chi connectivity index (χ3n) is 3.36. The number of halogens is 1. The summed E-state index contributed by atoms with van der Waals surface area (Å²) in [5.41, 5.74) is 0.893. The standard InChI is InChI=1S/C19H21ClN2O4/c1-12(2)21-18(23)11-26-16-9-8-13(10-17(16)25-3)19(24)22-15-7-5-4-6-14(15)20/h4-10,12H,11H2,1-3H3,(H,21,23)(H,22,24). The van der Waals surface area contributed by atoms with Crippen LogP contribution in [-0.4, -0.2) is 31.6 Å². The number of hydrogen-bond donors (Lipinski definition) is 2. The van der Waals surface area contributed by atoms with Crippen molar-refractivity contribution in [3.63, 3.8) is 0 Å². The first-order chi connectivity index (χ1) is 12.4. The number of methoxy groups -OCH3 is 1. The highest BCUT2D eigenvalue weighted by atomic mass is 35.5. The smallest absolute Gasteiger partial charge is 0.258 e. The Balaban J connectivity index is 2.08. The molecule has 0 atom stereocenters. The first-order valence-electron chi connectivity index (χ1n) is 8.06. The maximum atomic E-state index is 12.4. The highest BCUT2D eigenvalue weighted by molar-refractivity contribution is 6.33. The summed E-state index contributed by atoms with van der Waals surface area (Å²) < 4.78 is 10.7. The van der Waals surface area contributed by atoms with Crippen LogP contribution in [0.25, 0.3) is 0 Å². The fourth-order valence-corrected chi connectivity index (χ4v) is 2.38. The van der Waals surface area contributed by atoms with Crippen LogP contribution in [0, 0.1) is 0 Å². The van der Waals surface area contributed by atoms with Crippen LogP contribution in [0.4, 0.5) is 5.69 Å². The molecule has 2 aromatic rings. The fourth-order valence-electron chi connectivity index (χ4n) is 2.19. The molecule has 0 saturated heterocycles. The zero-order valence-electron chi connectivity index (χ0n) is 14.8. The summed E-state index contributed by atoms with van der Waals surface area (Å²) in [5, 5.41) is 5.92. The molecule has 138 valence electrons. The lowest BCUT2D eigenvalue weighted by molar-refractivity contribution is -0.123. The van der Waals surface area contributed by atoms with Crippen LogP contribution < -0.4 is 20.1 Å². The van der Waals surface area contributed by atoms with Gasteiger partial charge in [-0.1, -0.05) is 23.7 Å². The van der Waals surface area contributed by atoms with Gasteiger partial charge in [-0.25, -0.2) is 0 Å². The molecule has 26 heavy (non-hydrogen) atoms. The monoisotopic (exact) mass is 376 g/mol. The van der Waals surface area contributed by atoms with Crippen molar-refractivity contribution in [2.75, 3.05) is 19.0 Å². The Bertz CT molecular complexity index is 793. The second kappa shape index (κ2) is 9.10. The minimum Gasteiger partial charge on any atom is -0.493 e. The van der Waals surface area contributed by atoms with Gasteiger partial charge in [-0.3, -0.25) is 9.59 Å². The zero-order valence-corrected chi connectivity index (χ0v) is 15.6. The predicted molar refractivity (Wildman–Crippen MR) is 101 cm³/mol. The van der Waals surface area contributed by atoms with Crippen molar-refractivity contribution in [1.82, 2.24) is 5.32 Å². The zero-order chi connectivity index (χ0) is 19.1. The largest absolute Gasteiger partial charge is 0.493 e. The molecule has 0 aliphatic rings. The van der Waals surface area contributed by atoms with E-state index in [4.69, 9.17) is 21.1 Å². The molecule has 0 aliphatic carbocycles. The lowest BCUT2D eigenvalue weighted by Crippen LogP contribution is -2.34. The molecule has 0 aliphatic heterocycles. The van der Waals surface area contributed by atoms with Gasteiger partial charge in [0.05, 0.1) is 17.8 Å². The van der Waals surface area contributed by atoms with Crippen molar-refractivity contribution in [1.29, 1.82) is 0 Å². The molecule has 6 nitrogen and oxygen atoms in total. The minimum atomic E-state index is -0.333. The van der Waals surface area contributed by atoms with Gasteiger partial charge in [0.2, 0.25) is 0 Å². The summed E-state index contributed by atoms with van der Waals surface area (Å²) in [4.78, 5) is 24.1. The van der Waals surface area contributed by atoms with Gasteiger partial charge >= 0.3 is 0 Å². The normalized spacial score (nSPS) is 10.3. The number of anilines is 1. The summed E-state index contributed by atoms with van der Waals surface area (Å²) >= 11 is 6.05. The fraction of sp³-hybridized carbons (Fsp3) is 0.263. The van der Waals surface area contributed by atoms with Crippen LogP contribution in [0.5, 0.6) is 11.5 Å². The van der Waals surface area contributed by atoms with E-state index < -0.39 is 0 Å². The second-order valence-corrected chi connectivity index (χ2v) is 6.22. The van der Waals surface area contributed by atoms with E-state index in [9.17, 15) is 9.59 Å². The van der Waals surface area contributed by atoms with Gasteiger partial charge in [-0.05, 0) is 44.2 Å². The molecule has 2 rings (SSSR count). The summed E-state index contributed by atoms with van der Waals surface area (Å²) in [6.45, 7) is 3.59. The summed E-state index contributed by atoms with van der Waals surface area (Å²) in [6.07, 6.45) is 0. The molecule has 0 aromatic heterocycles. The highest BCUT2D eigenvalue weighted by Gasteiger charge is 2.14. The van der Waals surface area contributed by atoms with Crippen molar-refractivity contribution in [2.24, 2.45) is 0 Å². The highest BCUT2D eigenvalue weighted by Crippen LogP contribution is 2.29. The van der Waals surface area contributed by atoms with Crippen molar-refractivity contribution in [2.45, 2.75) is 19.9 Å². The van der Waals surface area contributed by atoms with Crippen LogP contribution in [-0.2, 0) is 4.79 Å². The van der Waals surface area contributed by atoms with Gasteiger partial charge in [-0.15, -0.1) is 0 Å². The number of carbonyl (C=O) groups is 2. The third-order valence-corrected chi connectivity index (χ3v) is 3.69. The van der Waals surface area contributed by atoms with E-state index in [2.05, 4.69) is 10.6 Å². The van der Waals surface area contributed by atoms with E-state index in [0.717, 1.165) is 0 Å². The van der Waals surface area contributed by atoms with E-state index >= 15 is 0 Å². The summed E-state index contributed by atoms with van der Waals surface area (Å²) in [5.74, 6) is 0.165. The van der Waals surface area contributed by atoms with Crippen molar-refractivity contribution < 1.29 is 19.1 Å². The van der Waals surface area contributed by atoms with Crippen LogP contribution in [0.2, 0.25) is 5.02 Å². The van der Waals surface area contributed by atoms with Gasteiger partial charge in [0.25, 0.3) is 11.8 Å². The van der Waals surface area contributed by atoms with Crippen molar-refractivity contribution in [3.05, 3.63) is 53.1 Å². The van der Waals surface area contributed by atoms with Crippen LogP contribution in [0.1, 0.15) is 24.2 Å². The molecule has 2 N–H and O–H groups in total. The number of carbonyl (C=O) groups excluding carboxylic acids is 2. The van der Waals surface area contributed by atoms with Gasteiger partial charge in [0, 0.05) is 11.6 Å². The second-order valence-electron chi connectivity index (χ2n) is 5.81. The first-order valence-corrected chi connectivity index (χ1v) is 8.44. The van der Waals surface area contributed by atoms with Crippen LogP contribution in [0.3, 0.4) is 0 Å². The number of benzene rings is 2. The molecular formula is C19H21ClN2O4. The Morgan fingerprint density at radius 2 is 1.85 bits per heavy atom. The number of rotatable bonds is 7. The van der Waals surface area contributed by atoms with Crippen LogP contribution in [0.15, 0.2) is 42.5 Å². The third kappa shape index (κ3) is 5.39. The number of ether oxygens (including phenoxy) is 2. The molecule has 0 fully saturated rings. The molecule has 0 heterocycles. The Hall–Kier alpha value is -2.73. The number of para-hydroxylation sites is 1. The van der Waals surface area contributed by atoms with E-state index in [0.29, 0.717) is 27.8 Å². The topological polar surface area (TPSA) is 76.7 Å². The quantitative estimate of drug-likeness (QED) is 0.775. The van der Waals surface area contributed by atoms with Gasteiger partial charge in [0.15, 0.2) is 18.1 Å². The molecule has 7 heteroatoms. The van der Waals surface area contributed by atoms with Crippen molar-refractivity contribution in [3.8, 4) is 11.5 Å². The lowest BCUT2D eigenvalue weighted by atomic mass is 10.2. The SMILES string of the molecule is COc1cc(C(=O)Nc2ccccc2Cl)ccc1OCC(=O)NC(C)C. The average Bonchev–Trinajstić information content (AvgIpc) is 2.61. The van der Waals surface area contributed by atoms with Gasteiger partial charge in [0.1, 0.15) is 0 Å². The molecular weight excluding hydrogens is 356 g/mol. The molecule has 2 aromatic carbocycles. The number of hydrogen-bond acceptors (Lipinski definition) is 4. The molecule has 0 spiro atoms. The minimum absolute atomic E-state index is 0.0314. The average molecular weight is 377 g/mol. The molecule has 0 saturated carbocycles. The maximum Gasteiger partial charge on any atom is 0.258 e.